The summed E-state index contributed by atoms with van der Waals surface area (Å²) in [5.74, 6) is 0.714. The highest BCUT2D eigenvalue weighted by atomic mass is 28.3. The number of rotatable bonds is 2. The molecule has 0 unspecified atom stereocenters. The predicted octanol–water partition coefficient (Wildman–Crippen LogP) is 4.91. The van der Waals surface area contributed by atoms with Gasteiger partial charge in [-0.1, -0.05) is 78.9 Å². The first-order chi connectivity index (χ1) is 7.55. The maximum atomic E-state index is 2.52. The molecule has 0 N–H and O–H groups in total. The van der Waals surface area contributed by atoms with Gasteiger partial charge in [-0.3, -0.25) is 0 Å². The van der Waals surface area contributed by atoms with Crippen molar-refractivity contribution in [1.82, 2.24) is 0 Å². The van der Waals surface area contributed by atoms with E-state index >= 15 is 0 Å². The maximum Gasteiger partial charge on any atom is 0.0925 e. The fraction of sp³-hybridized carbons (Fsp3) is 0.750. The Morgan fingerprint density at radius 1 is 0.765 bits per heavy atom. The van der Waals surface area contributed by atoms with Gasteiger partial charge in [0.1, 0.15) is 0 Å². The first kappa shape index (κ1) is 14.8. The second kappa shape index (κ2) is 4.42. The molecule has 1 aliphatic rings. The average molecular weight is 251 g/mol. The first-order valence-electron chi connectivity index (χ1n) is 6.90. The molecule has 0 fully saturated rings. The fourth-order valence-corrected chi connectivity index (χ4v) is 9.22. The van der Waals surface area contributed by atoms with Crippen LogP contribution in [-0.2, 0) is 0 Å². The van der Waals surface area contributed by atoms with Gasteiger partial charge < -0.3 is 0 Å². The molecule has 0 atom stereocenters. The van der Waals surface area contributed by atoms with Crippen molar-refractivity contribution in [1.29, 1.82) is 0 Å². The van der Waals surface area contributed by atoms with Gasteiger partial charge in [0, 0.05) is 0 Å². The second-order valence-electron chi connectivity index (χ2n) is 7.82. The van der Waals surface area contributed by atoms with Crippen LogP contribution in [-0.4, -0.2) is 8.80 Å². The minimum absolute atomic E-state index is 0.343. The molecule has 98 valence electrons. The molecule has 0 aromatic heterocycles. The Morgan fingerprint density at radius 3 is 1.35 bits per heavy atom. The van der Waals surface area contributed by atoms with Gasteiger partial charge in [0.15, 0.2) is 0 Å². The Morgan fingerprint density at radius 2 is 1.12 bits per heavy atom. The molecule has 1 aliphatic heterocycles. The van der Waals surface area contributed by atoms with Crippen LogP contribution in [0.2, 0.25) is 5.04 Å². The highest BCUT2D eigenvalue weighted by molar-refractivity contribution is 6.73. The summed E-state index contributed by atoms with van der Waals surface area (Å²) in [6.45, 7) is 19.5. The summed E-state index contributed by atoms with van der Waals surface area (Å²) in [5, 5.41) is 0.420. The highest BCUT2D eigenvalue weighted by Crippen LogP contribution is 2.64. The summed E-state index contributed by atoms with van der Waals surface area (Å²) in [4.78, 5) is 0. The Kier molecular flexibility index (Phi) is 3.84. The van der Waals surface area contributed by atoms with Crippen molar-refractivity contribution >= 4 is 8.80 Å². The highest BCUT2D eigenvalue weighted by Gasteiger charge is 2.56. The van der Waals surface area contributed by atoms with Crippen LogP contribution in [0.25, 0.3) is 0 Å². The van der Waals surface area contributed by atoms with Crippen molar-refractivity contribution in [3.8, 4) is 0 Å². The zero-order chi connectivity index (χ0) is 13.5. The minimum Gasteiger partial charge on any atom is -0.0930 e. The van der Waals surface area contributed by atoms with E-state index in [-0.39, 0.29) is 0 Å². The van der Waals surface area contributed by atoms with Gasteiger partial charge >= 0.3 is 0 Å². The van der Waals surface area contributed by atoms with E-state index in [1.54, 1.807) is 0 Å². The molecule has 0 spiro atoms. The molecule has 0 bridgehead atoms. The summed E-state index contributed by atoms with van der Waals surface area (Å²) in [6.07, 6.45) is 4.54. The first-order valence-corrected chi connectivity index (χ1v) is 8.81. The predicted molar refractivity (Wildman–Crippen MR) is 81.9 cm³/mol. The van der Waals surface area contributed by atoms with E-state index in [1.165, 1.54) is 0 Å². The van der Waals surface area contributed by atoms with E-state index in [0.717, 1.165) is 0 Å². The fourth-order valence-electron chi connectivity index (χ4n) is 4.98. The van der Waals surface area contributed by atoms with E-state index in [1.807, 2.05) is 0 Å². The summed E-state index contributed by atoms with van der Waals surface area (Å²) in [6, 6.07) is 0. The van der Waals surface area contributed by atoms with Crippen LogP contribution in [0.4, 0.5) is 0 Å². The maximum absolute atomic E-state index is 2.52. The Bertz CT molecular complexity index is 294. The quantitative estimate of drug-likeness (QED) is 0.611. The topological polar surface area (TPSA) is 0 Å². The van der Waals surface area contributed by atoms with E-state index in [2.05, 4.69) is 78.9 Å². The SMILES string of the molecule is CC(C)C([SiH]1C=CC=C1)(C(C)(C)C)C(C)(C)C. The van der Waals surface area contributed by atoms with Gasteiger partial charge in [0.05, 0.1) is 8.80 Å². The van der Waals surface area contributed by atoms with Crippen LogP contribution in [0.1, 0.15) is 55.4 Å². The molecule has 0 saturated heterocycles. The summed E-state index contributed by atoms with van der Waals surface area (Å²) in [5.41, 5.74) is 5.73. The Hall–Kier alpha value is -0.303. The van der Waals surface area contributed by atoms with E-state index in [9.17, 15) is 0 Å². The zero-order valence-electron chi connectivity index (χ0n) is 13.0. The third-order valence-corrected chi connectivity index (χ3v) is 9.39. The lowest BCUT2D eigenvalue weighted by Gasteiger charge is -2.59. The van der Waals surface area contributed by atoms with Crippen molar-refractivity contribution in [2.24, 2.45) is 16.7 Å². The molecule has 17 heavy (non-hydrogen) atoms. The molecular weight excluding hydrogens is 220 g/mol. The smallest absolute Gasteiger partial charge is 0.0925 e. The lowest BCUT2D eigenvalue weighted by Crippen LogP contribution is -2.52. The molecule has 0 aromatic rings. The largest absolute Gasteiger partial charge is 0.0930 e. The molecule has 0 nitrogen and oxygen atoms in total. The summed E-state index contributed by atoms with van der Waals surface area (Å²) < 4.78 is 0. The lowest BCUT2D eigenvalue weighted by atomic mass is 9.60. The van der Waals surface area contributed by atoms with Gasteiger partial charge in [-0.15, -0.1) is 0 Å². The van der Waals surface area contributed by atoms with Crippen molar-refractivity contribution in [2.45, 2.75) is 60.4 Å². The van der Waals surface area contributed by atoms with Crippen LogP contribution >= 0.6 is 0 Å². The second-order valence-corrected chi connectivity index (χ2v) is 10.6. The van der Waals surface area contributed by atoms with Crippen LogP contribution in [0.3, 0.4) is 0 Å². The molecule has 0 radical (unpaired) electrons. The van der Waals surface area contributed by atoms with Crippen LogP contribution < -0.4 is 0 Å². The minimum atomic E-state index is -1.00. The lowest BCUT2D eigenvalue weighted by molar-refractivity contribution is 0.0737. The van der Waals surface area contributed by atoms with E-state index in [4.69, 9.17) is 0 Å². The molecule has 0 aromatic carbocycles. The molecule has 0 saturated carbocycles. The van der Waals surface area contributed by atoms with Gasteiger partial charge in [0.25, 0.3) is 0 Å². The Balaban J connectivity index is 3.43. The van der Waals surface area contributed by atoms with Crippen LogP contribution in [0.15, 0.2) is 23.6 Å². The van der Waals surface area contributed by atoms with Crippen molar-refractivity contribution in [3.63, 3.8) is 0 Å². The van der Waals surface area contributed by atoms with Gasteiger partial charge in [0.2, 0.25) is 0 Å². The van der Waals surface area contributed by atoms with E-state index in [0.29, 0.717) is 21.8 Å². The zero-order valence-corrected chi connectivity index (χ0v) is 14.1. The number of allylic oxidation sites excluding steroid dienone is 2. The third kappa shape index (κ3) is 2.19. The molecular formula is C16H30Si. The van der Waals surface area contributed by atoms with Crippen LogP contribution in [0.5, 0.6) is 0 Å². The van der Waals surface area contributed by atoms with E-state index < -0.39 is 8.80 Å². The van der Waals surface area contributed by atoms with Crippen molar-refractivity contribution < 1.29 is 0 Å². The standard InChI is InChI=1S/C16H30Si/c1-13(2)16(14(3,4)5,15(6,7)8)17-11-9-10-12-17/h9-13,17H,1-8H3. The van der Waals surface area contributed by atoms with Gasteiger partial charge in [-0.2, -0.15) is 0 Å². The summed E-state index contributed by atoms with van der Waals surface area (Å²) in [7, 11) is -1.00. The summed E-state index contributed by atoms with van der Waals surface area (Å²) >= 11 is 0. The Labute approximate surface area is 110 Å². The number of hydrogen-bond acceptors (Lipinski definition) is 0. The molecule has 1 heterocycles. The molecule has 0 amide bonds. The van der Waals surface area contributed by atoms with Gasteiger partial charge in [-0.05, 0) is 21.8 Å². The molecule has 1 rings (SSSR count). The normalized spacial score (nSPS) is 18.4. The molecule has 0 aliphatic carbocycles. The monoisotopic (exact) mass is 250 g/mol. The number of hydrogen-bond donors (Lipinski definition) is 0. The average Bonchev–Trinajstić information content (AvgIpc) is 2.50. The van der Waals surface area contributed by atoms with Crippen molar-refractivity contribution in [3.05, 3.63) is 23.6 Å². The van der Waals surface area contributed by atoms with Gasteiger partial charge in [-0.25, -0.2) is 0 Å². The van der Waals surface area contributed by atoms with Crippen molar-refractivity contribution in [2.75, 3.05) is 0 Å². The van der Waals surface area contributed by atoms with Crippen LogP contribution in [0, 0.1) is 16.7 Å². The molecule has 1 heteroatoms. The third-order valence-electron chi connectivity index (χ3n) is 4.67.